The number of nitrogens with zero attached hydrogens (tertiary/aromatic N) is 4. The van der Waals surface area contributed by atoms with Gasteiger partial charge in [-0.1, -0.05) is 0 Å². The number of rotatable bonds is 2. The third kappa shape index (κ3) is 4.73. The van der Waals surface area contributed by atoms with Crippen LogP contribution in [0.2, 0.25) is 0 Å². The molecule has 3 rings (SSSR count). The Morgan fingerprint density at radius 3 is 2.66 bits per heavy atom. The van der Waals surface area contributed by atoms with Crippen LogP contribution in [0, 0.1) is 11.3 Å². The maximum atomic E-state index is 12.3. The third-order valence-electron chi connectivity index (χ3n) is 4.94. The molecule has 1 saturated heterocycles. The molecular weight excluding hydrogens is 370 g/mol. The van der Waals surface area contributed by atoms with Gasteiger partial charge in [0, 0.05) is 27.2 Å². The van der Waals surface area contributed by atoms with Crippen molar-refractivity contribution >= 4 is 23.8 Å². The number of fused-ring (bicyclic) bond motifs is 1. The van der Waals surface area contributed by atoms with Gasteiger partial charge in [-0.15, -0.1) is 0 Å². The number of amides is 1. The number of aliphatic imine (C=N–C) groups is 1. The number of nitrogens with one attached hydrogen (secondary N) is 1. The average molecular weight is 399 g/mol. The van der Waals surface area contributed by atoms with Gasteiger partial charge in [0.1, 0.15) is 23.8 Å². The maximum absolute atomic E-state index is 12.3. The summed E-state index contributed by atoms with van der Waals surface area (Å²) >= 11 is 0. The minimum atomic E-state index is -0.502. The lowest BCUT2D eigenvalue weighted by Crippen LogP contribution is -2.55. The van der Waals surface area contributed by atoms with Crippen LogP contribution in [0.5, 0.6) is 5.75 Å². The average Bonchev–Trinajstić information content (AvgIpc) is 2.64. The summed E-state index contributed by atoms with van der Waals surface area (Å²) in [6.07, 6.45) is 2.87. The first kappa shape index (κ1) is 20.8. The number of nitriles is 1. The minimum absolute atomic E-state index is 0.257. The van der Waals surface area contributed by atoms with Gasteiger partial charge in [0.15, 0.2) is 5.75 Å². The zero-order chi connectivity index (χ0) is 21.2. The van der Waals surface area contributed by atoms with Gasteiger partial charge >= 0.3 is 6.09 Å². The molecule has 2 aliphatic rings. The fraction of sp³-hybridized carbons (Fsp3) is 0.571. The van der Waals surface area contributed by atoms with Crippen molar-refractivity contribution in [1.82, 2.24) is 9.80 Å². The van der Waals surface area contributed by atoms with E-state index < -0.39 is 5.60 Å². The van der Waals surface area contributed by atoms with E-state index in [0.29, 0.717) is 36.7 Å². The summed E-state index contributed by atoms with van der Waals surface area (Å²) in [6.45, 7) is 7.24. The van der Waals surface area contributed by atoms with Crippen LogP contribution in [0.4, 0.5) is 16.2 Å². The van der Waals surface area contributed by atoms with Gasteiger partial charge in [-0.05, 0) is 45.7 Å². The third-order valence-corrected chi connectivity index (χ3v) is 4.94. The van der Waals surface area contributed by atoms with E-state index in [1.54, 1.807) is 11.2 Å². The molecule has 0 saturated carbocycles. The lowest BCUT2D eigenvalue weighted by atomic mass is 9.86. The van der Waals surface area contributed by atoms with E-state index in [-0.39, 0.29) is 11.6 Å². The summed E-state index contributed by atoms with van der Waals surface area (Å²) in [5.74, 6) is 0.543. The van der Waals surface area contributed by atoms with Gasteiger partial charge in [-0.3, -0.25) is 0 Å². The topological polar surface area (TPSA) is 90.2 Å². The summed E-state index contributed by atoms with van der Waals surface area (Å²) in [5, 5.41) is 13.2. The Labute approximate surface area is 172 Å². The zero-order valence-corrected chi connectivity index (χ0v) is 17.8. The number of piperidine rings is 1. The van der Waals surface area contributed by atoms with Gasteiger partial charge in [-0.2, -0.15) is 5.26 Å². The fourth-order valence-electron chi connectivity index (χ4n) is 3.46. The molecule has 2 aliphatic heterocycles. The number of anilines is 1. The molecule has 1 fully saturated rings. The summed E-state index contributed by atoms with van der Waals surface area (Å²) in [4.78, 5) is 20.2. The predicted molar refractivity (Wildman–Crippen MR) is 112 cm³/mol. The van der Waals surface area contributed by atoms with E-state index >= 15 is 0 Å². The lowest BCUT2D eigenvalue weighted by molar-refractivity contribution is 0.0149. The van der Waals surface area contributed by atoms with Crippen LogP contribution in [0.1, 0.15) is 39.2 Å². The highest BCUT2D eigenvalue weighted by molar-refractivity contribution is 5.76. The van der Waals surface area contributed by atoms with Gasteiger partial charge in [0.05, 0.1) is 23.3 Å². The van der Waals surface area contributed by atoms with Crippen LogP contribution < -0.4 is 10.1 Å². The first-order chi connectivity index (χ1) is 13.6. The molecule has 1 spiro atoms. The minimum Gasteiger partial charge on any atom is -0.487 e. The Hall–Kier alpha value is -2.95. The molecular formula is C21H29N5O3. The van der Waals surface area contributed by atoms with Crippen molar-refractivity contribution in [3.8, 4) is 11.8 Å². The monoisotopic (exact) mass is 399 g/mol. The van der Waals surface area contributed by atoms with E-state index in [1.165, 1.54) is 0 Å². The van der Waals surface area contributed by atoms with Crippen molar-refractivity contribution in [1.29, 1.82) is 5.26 Å². The first-order valence-electron chi connectivity index (χ1n) is 9.79. The predicted octanol–water partition coefficient (Wildman–Crippen LogP) is 3.35. The molecule has 1 aromatic carbocycles. The quantitative estimate of drug-likeness (QED) is 0.606. The number of ether oxygens (including phenoxy) is 2. The van der Waals surface area contributed by atoms with Gasteiger partial charge in [0.2, 0.25) is 0 Å². The van der Waals surface area contributed by atoms with Crippen LogP contribution in [0.3, 0.4) is 0 Å². The summed E-state index contributed by atoms with van der Waals surface area (Å²) in [7, 11) is 3.75. The van der Waals surface area contributed by atoms with E-state index in [9.17, 15) is 10.1 Å². The zero-order valence-electron chi connectivity index (χ0n) is 17.8. The Kier molecular flexibility index (Phi) is 5.60. The highest BCUT2D eigenvalue weighted by atomic mass is 16.6. The van der Waals surface area contributed by atoms with Crippen molar-refractivity contribution < 1.29 is 14.3 Å². The van der Waals surface area contributed by atoms with E-state index in [4.69, 9.17) is 9.47 Å². The lowest BCUT2D eigenvalue weighted by Gasteiger charge is -2.45. The molecule has 1 aromatic rings. The van der Waals surface area contributed by atoms with Crippen molar-refractivity contribution in [3.05, 3.63) is 17.7 Å². The number of hydrogen-bond acceptors (Lipinski definition) is 6. The molecule has 156 valence electrons. The summed E-state index contributed by atoms with van der Waals surface area (Å²) in [6, 6.07) is 5.94. The smallest absolute Gasteiger partial charge is 0.410 e. The molecule has 0 bridgehead atoms. The van der Waals surface area contributed by atoms with Crippen molar-refractivity contribution in [2.75, 3.05) is 39.1 Å². The van der Waals surface area contributed by atoms with Gasteiger partial charge < -0.3 is 24.6 Å². The molecule has 2 heterocycles. The maximum Gasteiger partial charge on any atom is 0.410 e. The van der Waals surface area contributed by atoms with Gasteiger partial charge in [0.25, 0.3) is 0 Å². The largest absolute Gasteiger partial charge is 0.487 e. The fourth-order valence-corrected chi connectivity index (χ4v) is 3.46. The highest BCUT2D eigenvalue weighted by Gasteiger charge is 2.41. The normalized spacial score (nSPS) is 17.9. The van der Waals surface area contributed by atoms with Crippen LogP contribution in [-0.2, 0) is 4.74 Å². The Bertz CT molecular complexity index is 843. The standard InChI is InChI=1S/C21H29N5O3/c1-20(2,3)29-19(27)26-10-8-21(9-11-26)13-28-18-15(12-22)16(23-14-25(4)5)6-7-17(18)24-21/h6-7,14,24H,8-11,13H2,1-5H3. The second kappa shape index (κ2) is 7.82. The van der Waals surface area contributed by atoms with Crippen molar-refractivity contribution in [3.63, 3.8) is 0 Å². The van der Waals surface area contributed by atoms with Crippen LogP contribution in [-0.4, -0.2) is 67.2 Å². The van der Waals surface area contributed by atoms with Crippen LogP contribution >= 0.6 is 0 Å². The second-order valence-corrected chi connectivity index (χ2v) is 8.82. The number of hydrogen-bond donors (Lipinski definition) is 1. The van der Waals surface area contributed by atoms with Crippen molar-refractivity contribution in [2.45, 2.75) is 44.8 Å². The molecule has 0 unspecified atom stereocenters. The number of likely N-dealkylation sites (tertiary alicyclic amines) is 1. The van der Waals surface area contributed by atoms with E-state index in [1.807, 2.05) is 51.9 Å². The molecule has 0 aliphatic carbocycles. The van der Waals surface area contributed by atoms with Crippen LogP contribution in [0.15, 0.2) is 17.1 Å². The molecule has 1 N–H and O–H groups in total. The molecule has 0 radical (unpaired) electrons. The Balaban J connectivity index is 1.72. The molecule has 8 heteroatoms. The SMILES string of the molecule is CN(C)C=Nc1ccc2c(c1C#N)OCC1(CCN(C(=O)OC(C)(C)C)CC1)N2. The van der Waals surface area contributed by atoms with E-state index in [0.717, 1.165) is 18.5 Å². The highest BCUT2D eigenvalue weighted by Crippen LogP contribution is 2.42. The molecule has 29 heavy (non-hydrogen) atoms. The van der Waals surface area contributed by atoms with Gasteiger partial charge in [-0.25, -0.2) is 9.79 Å². The number of carbonyl (C=O) groups is 1. The summed E-state index contributed by atoms with van der Waals surface area (Å²) < 4.78 is 11.5. The molecule has 0 atom stereocenters. The number of carbonyl (C=O) groups excluding carboxylic acids is 1. The molecule has 0 aromatic heterocycles. The van der Waals surface area contributed by atoms with E-state index in [2.05, 4.69) is 16.4 Å². The molecule has 1 amide bonds. The second-order valence-electron chi connectivity index (χ2n) is 8.82. The van der Waals surface area contributed by atoms with Crippen LogP contribution in [0.25, 0.3) is 0 Å². The number of benzene rings is 1. The van der Waals surface area contributed by atoms with Crippen molar-refractivity contribution in [2.24, 2.45) is 4.99 Å². The first-order valence-corrected chi connectivity index (χ1v) is 9.79. The Morgan fingerprint density at radius 2 is 2.07 bits per heavy atom. The summed E-state index contributed by atoms with van der Waals surface area (Å²) in [5.41, 5.74) is 1.04. The Morgan fingerprint density at radius 1 is 1.38 bits per heavy atom. The molecule has 8 nitrogen and oxygen atoms in total.